The van der Waals surface area contributed by atoms with Gasteiger partial charge in [0.05, 0.1) is 20.6 Å². The molecule has 82 valence electrons. The molecule has 5 nitrogen and oxygen atoms in total. The van der Waals surface area contributed by atoms with Crippen LogP contribution in [0.2, 0.25) is 0 Å². The molecule has 15 heavy (non-hydrogen) atoms. The fourth-order valence-electron chi connectivity index (χ4n) is 1.05. The molecule has 0 aliphatic carbocycles. The van der Waals surface area contributed by atoms with Gasteiger partial charge in [-0.1, -0.05) is 0 Å². The zero-order chi connectivity index (χ0) is 11.3. The molecule has 1 heterocycles. The molecule has 0 unspecified atom stereocenters. The van der Waals surface area contributed by atoms with Crippen molar-refractivity contribution in [1.29, 1.82) is 0 Å². The van der Waals surface area contributed by atoms with E-state index in [1.807, 2.05) is 0 Å². The highest BCUT2D eigenvalue weighted by atomic mass is 16.5. The number of carbonyl (C=O) groups is 2. The normalized spacial score (nSPS) is 9.73. The van der Waals surface area contributed by atoms with Crippen LogP contribution in [-0.4, -0.2) is 26.2 Å². The predicted octanol–water partition coefficient (Wildman–Crippen LogP) is 1.17. The van der Waals surface area contributed by atoms with Gasteiger partial charge >= 0.3 is 11.9 Å². The summed E-state index contributed by atoms with van der Waals surface area (Å²) in [5, 5.41) is 0. The minimum Gasteiger partial charge on any atom is -0.469 e. The van der Waals surface area contributed by atoms with Crippen molar-refractivity contribution >= 4 is 11.9 Å². The highest BCUT2D eigenvalue weighted by molar-refractivity contribution is 5.86. The van der Waals surface area contributed by atoms with Gasteiger partial charge in [0, 0.05) is 6.42 Å². The van der Waals surface area contributed by atoms with Gasteiger partial charge in [0.2, 0.25) is 5.76 Å². The molecule has 0 aliphatic heterocycles. The Balaban J connectivity index is 2.53. The minimum absolute atomic E-state index is 0.136. The highest BCUT2D eigenvalue weighted by Gasteiger charge is 2.11. The first-order valence-electron chi connectivity index (χ1n) is 4.41. The van der Waals surface area contributed by atoms with Crippen LogP contribution >= 0.6 is 0 Å². The number of rotatable bonds is 4. The molecular formula is C10H12O5. The maximum atomic E-state index is 11.0. The molecule has 0 amide bonds. The fourth-order valence-corrected chi connectivity index (χ4v) is 1.05. The molecule has 0 bridgehead atoms. The molecule has 1 aromatic heterocycles. The third kappa shape index (κ3) is 3.12. The van der Waals surface area contributed by atoms with E-state index in [2.05, 4.69) is 9.47 Å². The zero-order valence-electron chi connectivity index (χ0n) is 8.61. The Labute approximate surface area is 87.0 Å². The molecule has 0 aromatic carbocycles. The van der Waals surface area contributed by atoms with Crippen molar-refractivity contribution in [3.8, 4) is 0 Å². The third-order valence-electron chi connectivity index (χ3n) is 1.85. The van der Waals surface area contributed by atoms with Crippen LogP contribution in [0.15, 0.2) is 16.5 Å². The standard InChI is InChI=1S/C10H12O5/c1-13-9(11)6-4-7-3-5-8(15-7)10(12)14-2/h3,5H,4,6H2,1-2H3. The quantitative estimate of drug-likeness (QED) is 0.701. The number of methoxy groups -OCH3 is 2. The third-order valence-corrected chi connectivity index (χ3v) is 1.85. The van der Waals surface area contributed by atoms with Crippen LogP contribution in [0.3, 0.4) is 0 Å². The second kappa shape index (κ2) is 5.19. The van der Waals surface area contributed by atoms with Crippen molar-refractivity contribution < 1.29 is 23.5 Å². The van der Waals surface area contributed by atoms with E-state index in [9.17, 15) is 9.59 Å². The number of hydrogen-bond acceptors (Lipinski definition) is 5. The average Bonchev–Trinajstić information content (AvgIpc) is 2.73. The van der Waals surface area contributed by atoms with Crippen LogP contribution in [-0.2, 0) is 20.7 Å². The zero-order valence-corrected chi connectivity index (χ0v) is 8.61. The van der Waals surface area contributed by atoms with Crippen LogP contribution in [0.5, 0.6) is 0 Å². The largest absolute Gasteiger partial charge is 0.469 e. The van der Waals surface area contributed by atoms with Crippen molar-refractivity contribution in [2.24, 2.45) is 0 Å². The summed E-state index contributed by atoms with van der Waals surface area (Å²) in [6.45, 7) is 0. The number of carbonyl (C=O) groups excluding carboxylic acids is 2. The summed E-state index contributed by atoms with van der Waals surface area (Å²) in [7, 11) is 2.60. The maximum Gasteiger partial charge on any atom is 0.373 e. The minimum atomic E-state index is -0.528. The van der Waals surface area contributed by atoms with E-state index in [1.165, 1.54) is 20.3 Å². The van der Waals surface area contributed by atoms with Crippen molar-refractivity contribution in [1.82, 2.24) is 0 Å². The van der Waals surface area contributed by atoms with E-state index in [1.54, 1.807) is 6.07 Å². The summed E-state index contributed by atoms with van der Waals surface area (Å²) in [6, 6.07) is 3.15. The Morgan fingerprint density at radius 1 is 1.27 bits per heavy atom. The summed E-state index contributed by atoms with van der Waals surface area (Å²) in [5.41, 5.74) is 0. The molecule has 0 radical (unpaired) electrons. The highest BCUT2D eigenvalue weighted by Crippen LogP contribution is 2.11. The molecular weight excluding hydrogens is 200 g/mol. The molecule has 1 rings (SSSR count). The van der Waals surface area contributed by atoms with Crippen LogP contribution < -0.4 is 0 Å². The fraction of sp³-hybridized carbons (Fsp3) is 0.400. The van der Waals surface area contributed by atoms with Crippen molar-refractivity contribution in [3.05, 3.63) is 23.7 Å². The van der Waals surface area contributed by atoms with Crippen LogP contribution in [0, 0.1) is 0 Å². The van der Waals surface area contributed by atoms with E-state index < -0.39 is 5.97 Å². The molecule has 0 saturated carbocycles. The second-order valence-electron chi connectivity index (χ2n) is 2.83. The number of furan rings is 1. The van der Waals surface area contributed by atoms with Gasteiger partial charge in [-0.15, -0.1) is 0 Å². The summed E-state index contributed by atoms with van der Waals surface area (Å²) in [4.78, 5) is 21.8. The van der Waals surface area contributed by atoms with Gasteiger partial charge in [0.25, 0.3) is 0 Å². The maximum absolute atomic E-state index is 11.0. The Kier molecular flexibility index (Phi) is 3.91. The van der Waals surface area contributed by atoms with Gasteiger partial charge in [-0.3, -0.25) is 4.79 Å². The Bertz CT molecular complexity index is 352. The van der Waals surface area contributed by atoms with E-state index in [0.717, 1.165) is 0 Å². The van der Waals surface area contributed by atoms with Gasteiger partial charge < -0.3 is 13.9 Å². The molecule has 0 N–H and O–H groups in total. The van der Waals surface area contributed by atoms with Gasteiger partial charge in [-0.25, -0.2) is 4.79 Å². The molecule has 0 saturated heterocycles. The van der Waals surface area contributed by atoms with E-state index >= 15 is 0 Å². The summed E-state index contributed by atoms with van der Waals surface area (Å²) < 4.78 is 14.1. The smallest absolute Gasteiger partial charge is 0.373 e. The average molecular weight is 212 g/mol. The first-order chi connectivity index (χ1) is 7.17. The lowest BCUT2D eigenvalue weighted by molar-refractivity contribution is -0.140. The lowest BCUT2D eigenvalue weighted by atomic mass is 10.2. The summed E-state index contributed by atoms with van der Waals surface area (Å²) in [6.07, 6.45) is 0.633. The van der Waals surface area contributed by atoms with Gasteiger partial charge in [0.15, 0.2) is 0 Å². The Hall–Kier alpha value is -1.78. The van der Waals surface area contributed by atoms with Crippen molar-refractivity contribution in [2.45, 2.75) is 12.8 Å². The predicted molar refractivity (Wildman–Crippen MR) is 50.4 cm³/mol. The van der Waals surface area contributed by atoms with E-state index in [0.29, 0.717) is 12.2 Å². The Morgan fingerprint density at radius 3 is 2.60 bits per heavy atom. The number of ether oxygens (including phenoxy) is 2. The molecule has 0 fully saturated rings. The molecule has 5 heteroatoms. The first kappa shape index (κ1) is 11.3. The van der Waals surface area contributed by atoms with Gasteiger partial charge in [-0.2, -0.15) is 0 Å². The number of esters is 2. The monoisotopic (exact) mass is 212 g/mol. The topological polar surface area (TPSA) is 65.7 Å². The summed E-state index contributed by atoms with van der Waals surface area (Å²) >= 11 is 0. The number of hydrogen-bond donors (Lipinski definition) is 0. The number of aryl methyl sites for hydroxylation is 1. The lowest BCUT2D eigenvalue weighted by Gasteiger charge is -1.96. The van der Waals surface area contributed by atoms with Crippen LogP contribution in [0.4, 0.5) is 0 Å². The van der Waals surface area contributed by atoms with Crippen LogP contribution in [0.1, 0.15) is 22.7 Å². The second-order valence-corrected chi connectivity index (χ2v) is 2.83. The van der Waals surface area contributed by atoms with Gasteiger partial charge in [-0.05, 0) is 12.1 Å². The van der Waals surface area contributed by atoms with Crippen molar-refractivity contribution in [3.63, 3.8) is 0 Å². The SMILES string of the molecule is COC(=O)CCc1ccc(C(=O)OC)o1. The molecule has 1 aromatic rings. The van der Waals surface area contributed by atoms with Gasteiger partial charge in [0.1, 0.15) is 5.76 Å². The van der Waals surface area contributed by atoms with Crippen LogP contribution in [0.25, 0.3) is 0 Å². The summed E-state index contributed by atoms with van der Waals surface area (Å²) in [5.74, 6) is -0.150. The van der Waals surface area contributed by atoms with E-state index in [-0.39, 0.29) is 18.2 Å². The molecule has 0 atom stereocenters. The Morgan fingerprint density at radius 2 is 2.00 bits per heavy atom. The molecule has 0 aliphatic rings. The lowest BCUT2D eigenvalue weighted by Crippen LogP contribution is -2.01. The van der Waals surface area contributed by atoms with E-state index in [4.69, 9.17) is 4.42 Å². The molecule has 0 spiro atoms. The first-order valence-corrected chi connectivity index (χ1v) is 4.41. The van der Waals surface area contributed by atoms with Crippen molar-refractivity contribution in [2.75, 3.05) is 14.2 Å².